The molecule has 0 aliphatic carbocycles. The summed E-state index contributed by atoms with van der Waals surface area (Å²) in [7, 11) is 0. The van der Waals surface area contributed by atoms with Gasteiger partial charge in [-0.05, 0) is 28.1 Å². The first-order valence-electron chi connectivity index (χ1n) is 6.22. The zero-order valence-electron chi connectivity index (χ0n) is 12.1. The van der Waals surface area contributed by atoms with Gasteiger partial charge in [-0.25, -0.2) is 4.79 Å². The summed E-state index contributed by atoms with van der Waals surface area (Å²) in [6.07, 6.45) is -7.59. The van der Waals surface area contributed by atoms with Crippen LogP contribution in [0.1, 0.15) is 21.5 Å². The molecule has 0 saturated heterocycles. The van der Waals surface area contributed by atoms with Crippen molar-refractivity contribution in [2.45, 2.75) is 12.4 Å². The Labute approximate surface area is 147 Å². The van der Waals surface area contributed by atoms with Gasteiger partial charge in [-0.3, -0.25) is 9.59 Å². The summed E-state index contributed by atoms with van der Waals surface area (Å²) in [6.45, 7) is 0. The third-order valence-electron chi connectivity index (χ3n) is 2.63. The number of nitrogens with one attached hydrogen (secondary N) is 2. The number of rotatable bonds is 1. The van der Waals surface area contributed by atoms with Crippen LogP contribution >= 0.6 is 15.9 Å². The van der Waals surface area contributed by atoms with Crippen LogP contribution in [-0.2, 0) is 12.4 Å². The predicted molar refractivity (Wildman–Crippen MR) is 78.8 cm³/mol. The number of carboxylic acid groups (broad SMARTS) is 1. The molecule has 2 aromatic rings. The molecule has 2 rings (SSSR count). The van der Waals surface area contributed by atoms with Crippen molar-refractivity contribution in [3.8, 4) is 0 Å². The maximum atomic E-state index is 12.1. The maximum absolute atomic E-state index is 12.1. The molecule has 0 spiro atoms. The number of aromatic nitrogens is 2. The third kappa shape index (κ3) is 5.75. The first-order chi connectivity index (χ1) is 11.7. The van der Waals surface area contributed by atoms with Crippen molar-refractivity contribution in [1.82, 2.24) is 9.97 Å². The van der Waals surface area contributed by atoms with Gasteiger partial charge in [-0.2, -0.15) is 26.3 Å². The molecule has 142 valence electrons. The Morgan fingerprint density at radius 1 is 0.885 bits per heavy atom. The minimum atomic E-state index is -4.85. The number of halogens is 7. The number of carbonyl (C=O) groups is 1. The lowest BCUT2D eigenvalue weighted by molar-refractivity contribution is -0.139. The molecule has 0 aromatic carbocycles. The smallest absolute Gasteiger partial charge is 0.421 e. The van der Waals surface area contributed by atoms with Gasteiger partial charge in [0.2, 0.25) is 0 Å². The van der Waals surface area contributed by atoms with Crippen molar-refractivity contribution in [1.29, 1.82) is 0 Å². The van der Waals surface area contributed by atoms with E-state index in [9.17, 15) is 40.7 Å². The topological polar surface area (TPSA) is 103 Å². The highest BCUT2D eigenvalue weighted by Gasteiger charge is 2.35. The van der Waals surface area contributed by atoms with Gasteiger partial charge < -0.3 is 15.1 Å². The molecule has 2 heterocycles. The lowest BCUT2D eigenvalue weighted by Gasteiger charge is -2.05. The minimum absolute atomic E-state index is 0.189. The highest BCUT2D eigenvalue weighted by Crippen LogP contribution is 2.27. The number of H-pyrrole nitrogens is 2. The predicted octanol–water partition coefficient (Wildman–Crippen LogP) is 3.25. The van der Waals surface area contributed by atoms with E-state index < -0.39 is 46.1 Å². The lowest BCUT2D eigenvalue weighted by Crippen LogP contribution is -2.22. The quantitative estimate of drug-likeness (QED) is 0.582. The number of aromatic amines is 2. The van der Waals surface area contributed by atoms with E-state index in [4.69, 9.17) is 5.11 Å². The molecular weight excluding hydrogens is 442 g/mol. The normalized spacial score (nSPS) is 11.5. The average molecular weight is 449 g/mol. The van der Waals surface area contributed by atoms with Gasteiger partial charge in [0, 0.05) is 16.9 Å². The van der Waals surface area contributed by atoms with E-state index >= 15 is 0 Å². The first-order valence-corrected chi connectivity index (χ1v) is 7.01. The summed E-state index contributed by atoms with van der Waals surface area (Å²) in [5, 5.41) is 8.38. The third-order valence-corrected chi connectivity index (χ3v) is 3.09. The van der Waals surface area contributed by atoms with E-state index in [2.05, 4.69) is 15.9 Å². The minimum Gasteiger partial charge on any atom is -0.478 e. The van der Waals surface area contributed by atoms with Crippen molar-refractivity contribution in [3.05, 3.63) is 66.4 Å². The van der Waals surface area contributed by atoms with Crippen LogP contribution in [-0.4, -0.2) is 21.0 Å². The summed E-state index contributed by atoms with van der Waals surface area (Å²) in [6, 6.07) is 1.03. The highest BCUT2D eigenvalue weighted by atomic mass is 79.9. The molecule has 2 aromatic heterocycles. The van der Waals surface area contributed by atoms with Crippen molar-refractivity contribution < 1.29 is 36.2 Å². The maximum Gasteiger partial charge on any atom is 0.421 e. The van der Waals surface area contributed by atoms with Crippen molar-refractivity contribution in [2.75, 3.05) is 0 Å². The molecular formula is C13H7BrF6N2O4. The Balaban J connectivity index is 0.000000263. The van der Waals surface area contributed by atoms with Crippen LogP contribution in [0.3, 0.4) is 0 Å². The zero-order chi connectivity index (χ0) is 20.3. The number of aromatic carboxylic acids is 1. The monoisotopic (exact) mass is 448 g/mol. The van der Waals surface area contributed by atoms with Gasteiger partial charge in [0.25, 0.3) is 11.1 Å². The van der Waals surface area contributed by atoms with Gasteiger partial charge in [0.05, 0.1) is 5.56 Å². The van der Waals surface area contributed by atoms with Gasteiger partial charge in [0.15, 0.2) is 0 Å². The summed E-state index contributed by atoms with van der Waals surface area (Å²) >= 11 is 2.82. The molecule has 0 unspecified atom stereocenters. The summed E-state index contributed by atoms with van der Waals surface area (Å²) in [5.41, 5.74) is -5.82. The molecule has 0 bridgehead atoms. The fraction of sp³-hybridized carbons (Fsp3) is 0.154. The van der Waals surface area contributed by atoms with Crippen LogP contribution in [0.4, 0.5) is 26.3 Å². The number of hydrogen-bond donors (Lipinski definition) is 3. The number of carboxylic acids is 1. The number of alkyl halides is 6. The van der Waals surface area contributed by atoms with Crippen molar-refractivity contribution >= 4 is 21.9 Å². The van der Waals surface area contributed by atoms with Gasteiger partial charge in [0.1, 0.15) is 11.1 Å². The summed E-state index contributed by atoms with van der Waals surface area (Å²) < 4.78 is 72.4. The van der Waals surface area contributed by atoms with Crippen molar-refractivity contribution in [2.24, 2.45) is 0 Å². The second kappa shape index (κ2) is 7.76. The molecule has 0 atom stereocenters. The number of hydrogen-bond acceptors (Lipinski definition) is 3. The van der Waals surface area contributed by atoms with E-state index in [1.54, 1.807) is 4.98 Å². The van der Waals surface area contributed by atoms with Crippen LogP contribution in [0.15, 0.2) is 38.6 Å². The van der Waals surface area contributed by atoms with Crippen LogP contribution < -0.4 is 11.1 Å². The van der Waals surface area contributed by atoms with Gasteiger partial charge in [-0.15, -0.1) is 0 Å². The number of pyridine rings is 2. The SMILES string of the molecule is O=C(O)c1c[nH]c(=O)c(C(F)(F)F)c1.O=c1[nH]cc(Br)cc1C(F)(F)F. The second-order valence-corrected chi connectivity index (χ2v) is 5.41. The van der Waals surface area contributed by atoms with Crippen LogP contribution in [0, 0.1) is 0 Å². The molecule has 0 aliphatic heterocycles. The van der Waals surface area contributed by atoms with Crippen LogP contribution in [0.5, 0.6) is 0 Å². The molecule has 13 heteroatoms. The van der Waals surface area contributed by atoms with E-state index in [1.807, 2.05) is 4.98 Å². The average Bonchev–Trinajstić information content (AvgIpc) is 2.48. The van der Waals surface area contributed by atoms with E-state index in [0.29, 0.717) is 12.3 Å². The standard InChI is InChI=1S/C7H4F3NO3.C6H3BrF3NO/c8-7(9,10)4-1-3(6(13)14)2-11-5(4)12;7-3-1-4(6(8,9)10)5(12)11-2-3/h1-2H,(H,11,12)(H,13,14);1-2H,(H,11,12). The van der Waals surface area contributed by atoms with Gasteiger partial charge >= 0.3 is 18.3 Å². The summed E-state index contributed by atoms with van der Waals surface area (Å²) in [5.74, 6) is -1.54. The molecule has 0 aliphatic rings. The Morgan fingerprint density at radius 2 is 1.31 bits per heavy atom. The van der Waals surface area contributed by atoms with E-state index in [1.165, 1.54) is 0 Å². The van der Waals surface area contributed by atoms with Crippen LogP contribution in [0.25, 0.3) is 0 Å². The van der Waals surface area contributed by atoms with E-state index in [-0.39, 0.29) is 4.47 Å². The molecule has 0 radical (unpaired) electrons. The molecule has 3 N–H and O–H groups in total. The molecule has 0 amide bonds. The fourth-order valence-electron chi connectivity index (χ4n) is 1.49. The lowest BCUT2D eigenvalue weighted by atomic mass is 10.2. The molecule has 26 heavy (non-hydrogen) atoms. The Kier molecular flexibility index (Phi) is 6.41. The highest BCUT2D eigenvalue weighted by molar-refractivity contribution is 9.10. The largest absolute Gasteiger partial charge is 0.478 e. The Hall–Kier alpha value is -2.57. The Morgan fingerprint density at radius 3 is 1.69 bits per heavy atom. The zero-order valence-corrected chi connectivity index (χ0v) is 13.7. The summed E-state index contributed by atoms with van der Waals surface area (Å²) in [4.78, 5) is 35.2. The fourth-order valence-corrected chi connectivity index (χ4v) is 1.83. The Bertz CT molecular complexity index is 916. The van der Waals surface area contributed by atoms with Crippen LogP contribution in [0.2, 0.25) is 0 Å². The van der Waals surface area contributed by atoms with Gasteiger partial charge in [-0.1, -0.05) is 0 Å². The van der Waals surface area contributed by atoms with Crippen molar-refractivity contribution in [3.63, 3.8) is 0 Å². The molecule has 0 saturated carbocycles. The molecule has 6 nitrogen and oxygen atoms in total. The first kappa shape index (κ1) is 21.5. The molecule has 0 fully saturated rings. The second-order valence-electron chi connectivity index (χ2n) is 4.49. The van der Waals surface area contributed by atoms with E-state index in [0.717, 1.165) is 12.3 Å².